The zero-order valence-corrected chi connectivity index (χ0v) is 14.4. The Kier molecular flexibility index (Phi) is 3.76. The molecule has 3 heteroatoms. The van der Waals surface area contributed by atoms with E-state index in [2.05, 4.69) is 77.7 Å². The molecule has 2 heterocycles. The van der Waals surface area contributed by atoms with Gasteiger partial charge in [-0.1, -0.05) is 31.8 Å². The first-order chi connectivity index (χ1) is 10.4. The minimum absolute atomic E-state index is 0.392. The fourth-order valence-corrected chi connectivity index (χ4v) is 3.30. The summed E-state index contributed by atoms with van der Waals surface area (Å²) in [6.45, 7) is 13.2. The van der Waals surface area contributed by atoms with Crippen LogP contribution in [0.1, 0.15) is 44.9 Å². The molecule has 0 aliphatic rings. The molecule has 0 spiro atoms. The van der Waals surface area contributed by atoms with Crippen LogP contribution in [0.4, 0.5) is 0 Å². The summed E-state index contributed by atoms with van der Waals surface area (Å²) in [7, 11) is 2.24. The van der Waals surface area contributed by atoms with Crippen LogP contribution in [0.25, 0.3) is 21.9 Å². The molecule has 0 bridgehead atoms. The van der Waals surface area contributed by atoms with Crippen molar-refractivity contribution in [1.29, 1.82) is 0 Å². The number of nitrogens with zero attached hydrogens (tertiary/aromatic N) is 2. The molecule has 0 atom stereocenters. The molecule has 0 aliphatic carbocycles. The van der Waals surface area contributed by atoms with Crippen molar-refractivity contribution in [1.82, 2.24) is 9.55 Å². The minimum atomic E-state index is 0.392. The average Bonchev–Trinajstić information content (AvgIpc) is 2.71. The Morgan fingerprint density at radius 1 is 1.05 bits per heavy atom. The van der Waals surface area contributed by atoms with E-state index in [0.717, 1.165) is 11.2 Å². The van der Waals surface area contributed by atoms with Crippen molar-refractivity contribution in [3.8, 4) is 0 Å². The van der Waals surface area contributed by atoms with E-state index in [0.29, 0.717) is 11.9 Å². The molecule has 0 unspecified atom stereocenters. The van der Waals surface area contributed by atoms with Gasteiger partial charge in [0.1, 0.15) is 5.65 Å². The molecular formula is C19H24BN2. The average molecular weight is 291 g/mol. The molecule has 3 rings (SSSR count). The van der Waals surface area contributed by atoms with Gasteiger partial charge in [-0.2, -0.15) is 0 Å². The topological polar surface area (TPSA) is 17.8 Å². The number of aromatic nitrogens is 2. The van der Waals surface area contributed by atoms with Crippen LogP contribution >= 0.6 is 0 Å². The van der Waals surface area contributed by atoms with E-state index < -0.39 is 0 Å². The first-order valence-electron chi connectivity index (χ1n) is 8.15. The molecule has 0 saturated heterocycles. The molecule has 2 aromatic heterocycles. The third-order valence-electron chi connectivity index (χ3n) is 4.15. The van der Waals surface area contributed by atoms with Crippen LogP contribution in [0.3, 0.4) is 0 Å². The van der Waals surface area contributed by atoms with Crippen LogP contribution in [-0.2, 0) is 0 Å². The molecule has 0 amide bonds. The number of hydrogen-bond donors (Lipinski definition) is 0. The summed E-state index contributed by atoms with van der Waals surface area (Å²) in [5, 5.41) is 2.61. The van der Waals surface area contributed by atoms with Crippen LogP contribution in [0, 0.1) is 13.8 Å². The van der Waals surface area contributed by atoms with Gasteiger partial charge >= 0.3 is 0 Å². The lowest BCUT2D eigenvalue weighted by atomic mass is 9.63. The number of hydrogen-bond acceptors (Lipinski definition) is 1. The Bertz CT molecular complexity index is 844. The van der Waals surface area contributed by atoms with Gasteiger partial charge in [-0.3, -0.25) is 0 Å². The second kappa shape index (κ2) is 5.46. The van der Waals surface area contributed by atoms with E-state index in [1.807, 2.05) is 0 Å². The first-order valence-corrected chi connectivity index (χ1v) is 8.15. The van der Waals surface area contributed by atoms with Crippen molar-refractivity contribution in [3.05, 3.63) is 35.4 Å². The highest BCUT2D eigenvalue weighted by atomic mass is 15.1. The van der Waals surface area contributed by atoms with Gasteiger partial charge in [0.25, 0.3) is 0 Å². The van der Waals surface area contributed by atoms with E-state index in [4.69, 9.17) is 4.98 Å². The largest absolute Gasteiger partial charge is 0.323 e. The van der Waals surface area contributed by atoms with Crippen LogP contribution in [0.2, 0.25) is 5.82 Å². The van der Waals surface area contributed by atoms with Crippen molar-refractivity contribution in [2.75, 3.05) is 0 Å². The summed E-state index contributed by atoms with van der Waals surface area (Å²) in [5.41, 5.74) is 6.10. The summed E-state index contributed by atoms with van der Waals surface area (Å²) < 4.78 is 2.38. The zero-order valence-electron chi connectivity index (χ0n) is 14.4. The quantitative estimate of drug-likeness (QED) is 0.647. The van der Waals surface area contributed by atoms with Crippen molar-refractivity contribution in [2.45, 2.75) is 53.4 Å². The number of benzene rings is 1. The highest BCUT2D eigenvalue weighted by Crippen LogP contribution is 2.32. The Labute approximate surface area is 133 Å². The van der Waals surface area contributed by atoms with Crippen molar-refractivity contribution in [2.24, 2.45) is 0 Å². The summed E-state index contributed by atoms with van der Waals surface area (Å²) in [6, 6.07) is 9.32. The Hall–Kier alpha value is -1.77. The fraction of sp³-hybridized carbons (Fsp3) is 0.421. The molecule has 0 fully saturated rings. The summed E-state index contributed by atoms with van der Waals surface area (Å²) in [5.74, 6) is 0.503. The number of pyridine rings is 1. The molecule has 0 aliphatic heterocycles. The van der Waals surface area contributed by atoms with Gasteiger partial charge in [-0.25, -0.2) is 4.98 Å². The van der Waals surface area contributed by atoms with Gasteiger partial charge < -0.3 is 4.57 Å². The minimum Gasteiger partial charge on any atom is -0.323 e. The van der Waals surface area contributed by atoms with Gasteiger partial charge in [-0.05, 0) is 56.5 Å². The van der Waals surface area contributed by atoms with Gasteiger partial charge in [-0.15, -0.1) is 0 Å². The Morgan fingerprint density at radius 3 is 2.41 bits per heavy atom. The second-order valence-corrected chi connectivity index (χ2v) is 6.96. The summed E-state index contributed by atoms with van der Waals surface area (Å²) in [6.07, 6.45) is 0. The molecule has 113 valence electrons. The molecular weight excluding hydrogens is 267 g/mol. The normalized spacial score (nSPS) is 12.0. The highest BCUT2D eigenvalue weighted by molar-refractivity contribution is 6.54. The molecule has 1 aromatic carbocycles. The smallest absolute Gasteiger partial charge is 0.180 e. The maximum atomic E-state index is 4.97. The van der Waals surface area contributed by atoms with Gasteiger partial charge in [0, 0.05) is 16.8 Å². The SMILES string of the molecule is Cc1ccc2c3c(C)cc([B]C(C)C)nc3n(C(C)C)c2c1. The van der Waals surface area contributed by atoms with Gasteiger partial charge in [0.2, 0.25) is 0 Å². The van der Waals surface area contributed by atoms with Crippen molar-refractivity contribution < 1.29 is 0 Å². The third-order valence-corrected chi connectivity index (χ3v) is 4.15. The molecule has 1 radical (unpaired) electrons. The van der Waals surface area contributed by atoms with Crippen molar-refractivity contribution >= 4 is 34.8 Å². The lowest BCUT2D eigenvalue weighted by molar-refractivity contribution is 0.637. The highest BCUT2D eigenvalue weighted by Gasteiger charge is 2.17. The number of aryl methyl sites for hydroxylation is 2. The summed E-state index contributed by atoms with van der Waals surface area (Å²) >= 11 is 0. The molecule has 0 saturated carbocycles. The van der Waals surface area contributed by atoms with E-state index >= 15 is 0 Å². The lowest BCUT2D eigenvalue weighted by Crippen LogP contribution is -2.22. The van der Waals surface area contributed by atoms with Gasteiger partial charge in [0.05, 0.1) is 5.52 Å². The maximum absolute atomic E-state index is 4.97. The van der Waals surface area contributed by atoms with E-state index in [1.54, 1.807) is 0 Å². The Morgan fingerprint density at radius 2 is 1.77 bits per heavy atom. The monoisotopic (exact) mass is 291 g/mol. The van der Waals surface area contributed by atoms with Crippen LogP contribution in [-0.4, -0.2) is 16.8 Å². The second-order valence-electron chi connectivity index (χ2n) is 6.96. The number of rotatable bonds is 3. The first kappa shape index (κ1) is 15.1. The zero-order chi connectivity index (χ0) is 16.0. The van der Waals surface area contributed by atoms with E-state index in [-0.39, 0.29) is 0 Å². The third kappa shape index (κ3) is 2.43. The predicted molar refractivity (Wildman–Crippen MR) is 97.6 cm³/mol. The van der Waals surface area contributed by atoms with Crippen molar-refractivity contribution in [3.63, 3.8) is 0 Å². The van der Waals surface area contributed by atoms with Crippen LogP contribution in [0.5, 0.6) is 0 Å². The maximum Gasteiger partial charge on any atom is 0.180 e. The number of fused-ring (bicyclic) bond motifs is 3. The molecule has 0 N–H and O–H groups in total. The predicted octanol–water partition coefficient (Wildman–Crippen LogP) is 4.55. The van der Waals surface area contributed by atoms with Crippen LogP contribution in [0.15, 0.2) is 24.3 Å². The fourth-order valence-electron chi connectivity index (χ4n) is 3.30. The molecule has 2 nitrogen and oxygen atoms in total. The standard InChI is InChI=1S/C19H24BN2/c1-11(2)20-17-10-14(6)18-15-8-7-13(5)9-16(15)22(12(3)4)19(18)21-17/h7-12H,1-6H3. The lowest BCUT2D eigenvalue weighted by Gasteiger charge is -2.12. The Balaban J connectivity index is 2.42. The summed E-state index contributed by atoms with van der Waals surface area (Å²) in [4.78, 5) is 4.97. The van der Waals surface area contributed by atoms with E-state index in [1.165, 1.54) is 27.4 Å². The van der Waals surface area contributed by atoms with Crippen LogP contribution < -0.4 is 5.59 Å². The molecule has 3 aromatic rings. The molecule has 22 heavy (non-hydrogen) atoms. The van der Waals surface area contributed by atoms with E-state index in [9.17, 15) is 0 Å². The van der Waals surface area contributed by atoms with Gasteiger partial charge in [0.15, 0.2) is 7.28 Å².